The number of carbonyl (C=O) groups excluding carboxylic acids is 4. The third kappa shape index (κ3) is 11.3. The van der Waals surface area contributed by atoms with Crippen LogP contribution in [0.25, 0.3) is 0 Å². The average molecular weight is 474 g/mol. The molecule has 13 heteroatoms. The molecule has 0 aliphatic carbocycles. The number of rotatable bonds is 15. The van der Waals surface area contributed by atoms with E-state index in [0.717, 1.165) is 0 Å². The van der Waals surface area contributed by atoms with Crippen molar-refractivity contribution >= 4 is 35.6 Å². The summed E-state index contributed by atoms with van der Waals surface area (Å²) in [4.78, 5) is 71.1. The van der Waals surface area contributed by atoms with Crippen LogP contribution >= 0.6 is 0 Å². The molecule has 13 nitrogen and oxygen atoms in total. The number of nitrogens with two attached hydrogens (primary N) is 2. The summed E-state index contributed by atoms with van der Waals surface area (Å²) in [6, 6.07) is -5.23. The summed E-state index contributed by atoms with van der Waals surface area (Å²) < 4.78 is 0. The Bertz CT molecular complexity index is 742. The molecule has 188 valence electrons. The van der Waals surface area contributed by atoms with Gasteiger partial charge < -0.3 is 37.6 Å². The fourth-order valence-corrected chi connectivity index (χ4v) is 2.88. The maximum atomic E-state index is 12.9. The topological polar surface area (TPSA) is 231 Å². The summed E-state index contributed by atoms with van der Waals surface area (Å²) in [7, 11) is 0. The van der Waals surface area contributed by atoms with Gasteiger partial charge in [-0.05, 0) is 18.3 Å². The van der Waals surface area contributed by atoms with E-state index in [1.165, 1.54) is 0 Å². The van der Waals surface area contributed by atoms with Gasteiger partial charge in [0.25, 0.3) is 0 Å². The molecule has 0 heterocycles. The molecule has 0 aliphatic heterocycles. The quantitative estimate of drug-likeness (QED) is 0.143. The first kappa shape index (κ1) is 29.8. The van der Waals surface area contributed by atoms with Gasteiger partial charge in [0, 0.05) is 0 Å². The molecule has 0 aliphatic rings. The Hall–Kier alpha value is -3.22. The SMILES string of the molecule is CCC(C)C(NC(=O)C(CC(C)C)NC(=O)C(N)CC(N)=O)C(=O)NC(CC(=O)O)C(=O)O. The molecule has 0 saturated heterocycles. The van der Waals surface area contributed by atoms with E-state index in [4.69, 9.17) is 16.6 Å². The van der Waals surface area contributed by atoms with Crippen molar-refractivity contribution in [1.82, 2.24) is 16.0 Å². The predicted molar refractivity (Wildman–Crippen MR) is 116 cm³/mol. The van der Waals surface area contributed by atoms with E-state index in [0.29, 0.717) is 6.42 Å². The molecule has 0 radical (unpaired) electrons. The highest BCUT2D eigenvalue weighted by molar-refractivity contribution is 5.95. The maximum Gasteiger partial charge on any atom is 0.326 e. The smallest absolute Gasteiger partial charge is 0.326 e. The monoisotopic (exact) mass is 473 g/mol. The molecule has 0 spiro atoms. The fraction of sp³-hybridized carbons (Fsp3) is 0.700. The third-order valence-electron chi connectivity index (χ3n) is 4.88. The number of carbonyl (C=O) groups is 6. The summed E-state index contributed by atoms with van der Waals surface area (Å²) in [6.45, 7) is 7.01. The summed E-state index contributed by atoms with van der Waals surface area (Å²) in [5.74, 6) is -6.58. The molecule has 4 amide bonds. The van der Waals surface area contributed by atoms with Crippen LogP contribution in [0, 0.1) is 11.8 Å². The number of aliphatic carboxylic acids is 2. The molecule has 0 aromatic rings. The Morgan fingerprint density at radius 1 is 0.818 bits per heavy atom. The number of hydrogen-bond donors (Lipinski definition) is 7. The van der Waals surface area contributed by atoms with Crippen molar-refractivity contribution < 1.29 is 39.0 Å². The van der Waals surface area contributed by atoms with E-state index in [2.05, 4.69) is 16.0 Å². The largest absolute Gasteiger partial charge is 0.481 e. The summed E-state index contributed by atoms with van der Waals surface area (Å²) in [5, 5.41) is 25.1. The van der Waals surface area contributed by atoms with Gasteiger partial charge in [-0.25, -0.2) is 4.79 Å². The lowest BCUT2D eigenvalue weighted by atomic mass is 9.96. The standard InChI is InChI=1S/C20H35N5O8/c1-5-10(4)16(19(31)24-13(20(32)33)8-15(27)28)25-18(30)12(6-9(2)3)23-17(29)11(21)7-14(22)26/h9-13,16H,5-8,21H2,1-4H3,(H2,22,26)(H,23,29)(H,24,31)(H,25,30)(H,27,28)(H,32,33). The van der Waals surface area contributed by atoms with Crippen LogP contribution in [0.1, 0.15) is 53.4 Å². The van der Waals surface area contributed by atoms with Crippen LogP contribution in [0.4, 0.5) is 0 Å². The van der Waals surface area contributed by atoms with E-state index in [1.54, 1.807) is 27.7 Å². The summed E-state index contributed by atoms with van der Waals surface area (Å²) in [5.41, 5.74) is 10.7. The molecular weight excluding hydrogens is 438 g/mol. The highest BCUT2D eigenvalue weighted by atomic mass is 16.4. The van der Waals surface area contributed by atoms with Gasteiger partial charge in [0.15, 0.2) is 0 Å². The van der Waals surface area contributed by atoms with Crippen LogP contribution in [0.15, 0.2) is 0 Å². The van der Waals surface area contributed by atoms with Gasteiger partial charge in [-0.1, -0.05) is 34.1 Å². The van der Waals surface area contributed by atoms with E-state index in [-0.39, 0.29) is 12.3 Å². The summed E-state index contributed by atoms with van der Waals surface area (Å²) >= 11 is 0. The van der Waals surface area contributed by atoms with Gasteiger partial charge in [0.1, 0.15) is 18.1 Å². The van der Waals surface area contributed by atoms with Gasteiger partial charge in [0.05, 0.1) is 18.9 Å². The second-order valence-electron chi connectivity index (χ2n) is 8.34. The Morgan fingerprint density at radius 3 is 1.79 bits per heavy atom. The second kappa shape index (κ2) is 14.0. The first-order valence-electron chi connectivity index (χ1n) is 10.6. The zero-order valence-electron chi connectivity index (χ0n) is 19.3. The summed E-state index contributed by atoms with van der Waals surface area (Å²) in [6.07, 6.45) is -0.641. The van der Waals surface area contributed by atoms with Crippen LogP contribution in [0.2, 0.25) is 0 Å². The molecule has 9 N–H and O–H groups in total. The van der Waals surface area contributed by atoms with Crippen molar-refractivity contribution in [2.75, 3.05) is 0 Å². The Morgan fingerprint density at radius 2 is 1.36 bits per heavy atom. The highest BCUT2D eigenvalue weighted by Gasteiger charge is 2.33. The third-order valence-corrected chi connectivity index (χ3v) is 4.88. The number of primary amides is 1. The number of carboxylic acid groups (broad SMARTS) is 2. The van der Waals surface area contributed by atoms with Crippen LogP contribution in [0.5, 0.6) is 0 Å². The molecule has 0 rings (SSSR count). The van der Waals surface area contributed by atoms with E-state index < -0.39 is 78.5 Å². The van der Waals surface area contributed by atoms with Crippen LogP contribution in [0.3, 0.4) is 0 Å². The minimum absolute atomic E-state index is 0.0451. The molecule has 5 unspecified atom stereocenters. The fourth-order valence-electron chi connectivity index (χ4n) is 2.88. The average Bonchev–Trinajstić information content (AvgIpc) is 2.68. The molecule has 0 bridgehead atoms. The first-order valence-corrected chi connectivity index (χ1v) is 10.6. The maximum absolute atomic E-state index is 12.9. The number of nitrogens with one attached hydrogen (secondary N) is 3. The first-order chi connectivity index (χ1) is 15.2. The Balaban J connectivity index is 5.59. The number of hydrogen-bond acceptors (Lipinski definition) is 7. The predicted octanol–water partition coefficient (Wildman–Crippen LogP) is -1.70. The Kier molecular flexibility index (Phi) is 12.7. The zero-order valence-corrected chi connectivity index (χ0v) is 19.3. The van der Waals surface area contributed by atoms with Gasteiger partial charge in [0.2, 0.25) is 23.6 Å². The van der Waals surface area contributed by atoms with Crippen molar-refractivity contribution in [1.29, 1.82) is 0 Å². The van der Waals surface area contributed by atoms with Crippen molar-refractivity contribution in [3.05, 3.63) is 0 Å². The zero-order chi connectivity index (χ0) is 25.9. The van der Waals surface area contributed by atoms with Gasteiger partial charge in [-0.15, -0.1) is 0 Å². The van der Waals surface area contributed by atoms with Gasteiger partial charge in [-0.2, -0.15) is 0 Å². The van der Waals surface area contributed by atoms with Crippen LogP contribution in [-0.4, -0.2) is 69.9 Å². The van der Waals surface area contributed by atoms with Gasteiger partial charge in [-0.3, -0.25) is 24.0 Å². The van der Waals surface area contributed by atoms with E-state index in [9.17, 15) is 33.9 Å². The van der Waals surface area contributed by atoms with E-state index in [1.807, 2.05) is 0 Å². The number of carboxylic acids is 2. The molecule has 0 aromatic heterocycles. The molecule has 5 atom stereocenters. The minimum Gasteiger partial charge on any atom is -0.481 e. The number of amides is 4. The molecule has 0 saturated carbocycles. The van der Waals surface area contributed by atoms with Crippen molar-refractivity contribution in [2.24, 2.45) is 23.3 Å². The van der Waals surface area contributed by atoms with Crippen LogP contribution < -0.4 is 27.4 Å². The van der Waals surface area contributed by atoms with Crippen molar-refractivity contribution in [2.45, 2.75) is 77.5 Å². The minimum atomic E-state index is -1.68. The second-order valence-corrected chi connectivity index (χ2v) is 8.34. The van der Waals surface area contributed by atoms with E-state index >= 15 is 0 Å². The Labute approximate surface area is 192 Å². The molecule has 0 fully saturated rings. The normalized spacial score (nSPS) is 15.5. The lowest BCUT2D eigenvalue weighted by molar-refractivity contribution is -0.147. The van der Waals surface area contributed by atoms with Crippen LogP contribution in [-0.2, 0) is 28.8 Å². The lowest BCUT2D eigenvalue weighted by Crippen LogP contribution is -2.59. The lowest BCUT2D eigenvalue weighted by Gasteiger charge is -2.28. The molecule has 0 aromatic carbocycles. The molecule has 33 heavy (non-hydrogen) atoms. The van der Waals surface area contributed by atoms with Crippen molar-refractivity contribution in [3.63, 3.8) is 0 Å². The van der Waals surface area contributed by atoms with Gasteiger partial charge >= 0.3 is 11.9 Å². The molecular formula is C20H35N5O8. The van der Waals surface area contributed by atoms with Crippen molar-refractivity contribution in [3.8, 4) is 0 Å². The highest BCUT2D eigenvalue weighted by Crippen LogP contribution is 2.12.